The average molecular weight is 317 g/mol. The van der Waals surface area contributed by atoms with E-state index in [2.05, 4.69) is 15.6 Å². The van der Waals surface area contributed by atoms with E-state index in [9.17, 15) is 4.79 Å². The molecular formula is C6H9NO2SSe2. The third-order valence-corrected chi connectivity index (χ3v) is 8.99. The molecular weight excluding hydrogens is 308 g/mol. The molecule has 2 unspecified atom stereocenters. The molecule has 3 nitrogen and oxygen atoms in total. The third-order valence-electron chi connectivity index (χ3n) is 1.92. The van der Waals surface area contributed by atoms with Crippen LogP contribution in [0.2, 0.25) is 4.31 Å². The van der Waals surface area contributed by atoms with Gasteiger partial charge in [0.05, 0.1) is 0 Å². The number of hydrogen-bond acceptors (Lipinski definition) is 3. The molecule has 0 aromatic rings. The van der Waals surface area contributed by atoms with Gasteiger partial charge in [0.1, 0.15) is 0 Å². The van der Waals surface area contributed by atoms with E-state index >= 15 is 0 Å². The molecule has 1 fully saturated rings. The second-order valence-electron chi connectivity index (χ2n) is 2.67. The first-order chi connectivity index (χ1) is 5.38. The fraction of sp³-hybridized carbons (Fsp3) is 0.667. The molecule has 1 saturated heterocycles. The predicted molar refractivity (Wildman–Crippen MR) is 53.0 cm³/mol. The van der Waals surface area contributed by atoms with Crippen molar-refractivity contribution >= 4 is 52.0 Å². The van der Waals surface area contributed by atoms with Gasteiger partial charge in [-0.3, -0.25) is 0 Å². The van der Waals surface area contributed by atoms with Crippen molar-refractivity contribution in [1.82, 2.24) is 0 Å². The Bertz CT molecular complexity index is 260. The van der Waals surface area contributed by atoms with Gasteiger partial charge in [-0.15, -0.1) is 0 Å². The fourth-order valence-corrected chi connectivity index (χ4v) is 5.49. The minimum absolute atomic E-state index is 0.0323. The number of aliphatic carboxylic acids is 1. The maximum absolute atomic E-state index is 10.8. The second kappa shape index (κ2) is 3.12. The first-order valence-corrected chi connectivity index (χ1v) is 6.99. The molecule has 0 aliphatic carbocycles. The summed E-state index contributed by atoms with van der Waals surface area (Å²) in [6.07, 6.45) is 1.92. The number of rotatable bonds is 3. The Kier molecular flexibility index (Phi) is 2.80. The molecule has 0 aromatic carbocycles. The number of carboxylic acids is 1. The van der Waals surface area contributed by atoms with Gasteiger partial charge in [-0.05, 0) is 0 Å². The van der Waals surface area contributed by atoms with Gasteiger partial charge in [-0.1, -0.05) is 0 Å². The van der Waals surface area contributed by atoms with Crippen molar-refractivity contribution in [2.45, 2.75) is 15.7 Å². The van der Waals surface area contributed by atoms with Crippen molar-refractivity contribution < 1.29 is 9.90 Å². The van der Waals surface area contributed by atoms with Gasteiger partial charge in [0.15, 0.2) is 0 Å². The molecule has 1 heterocycles. The molecule has 1 rings (SSSR count). The molecule has 1 aliphatic rings. The summed E-state index contributed by atoms with van der Waals surface area (Å²) < 4.78 is -0.276. The van der Waals surface area contributed by atoms with Gasteiger partial charge in [0.25, 0.3) is 0 Å². The third kappa shape index (κ3) is 1.31. The Morgan fingerprint density at radius 2 is 2.25 bits per heavy atom. The second-order valence-corrected chi connectivity index (χ2v) is 8.42. The average Bonchev–Trinajstić information content (AvgIpc) is 2.56. The first kappa shape index (κ1) is 10.8. The molecule has 0 spiro atoms. The standard InChI is InChI=1S/C6H9NO2SSe2/c1-5(4(11)10-2)6(7,12-5)3(8)9/h7H2,1-2H3,(H,8,9). The number of carbonyl (C=O) groups is 1. The van der Waals surface area contributed by atoms with Gasteiger partial charge >= 0.3 is 89.6 Å². The first-order valence-electron chi connectivity index (χ1n) is 3.19. The summed E-state index contributed by atoms with van der Waals surface area (Å²) in [5.41, 5.74) is 5.72. The monoisotopic (exact) mass is 319 g/mol. The van der Waals surface area contributed by atoms with Gasteiger partial charge < -0.3 is 0 Å². The molecule has 0 aromatic heterocycles. The Morgan fingerprint density at radius 1 is 1.75 bits per heavy atom. The molecule has 0 radical (unpaired) electrons. The van der Waals surface area contributed by atoms with Crippen LogP contribution in [0.15, 0.2) is 0 Å². The van der Waals surface area contributed by atoms with Crippen molar-refractivity contribution in [1.29, 1.82) is 0 Å². The summed E-state index contributed by atoms with van der Waals surface area (Å²) in [6, 6.07) is 0. The van der Waals surface area contributed by atoms with E-state index in [1.165, 1.54) is 0 Å². The van der Waals surface area contributed by atoms with Crippen LogP contribution >= 0.6 is 11.8 Å². The molecule has 0 amide bonds. The van der Waals surface area contributed by atoms with E-state index < -0.39 is 10.4 Å². The Hall–Kier alpha value is 0.689. The SMILES string of the molecule is CSC(=[Se])C1(C)[Se]C1(N)C(=O)O. The van der Waals surface area contributed by atoms with Crippen LogP contribution in [0.25, 0.3) is 0 Å². The normalized spacial score (nSPS) is 39.2. The quantitative estimate of drug-likeness (QED) is 0.675. The zero-order chi connectivity index (χ0) is 9.57. The number of hydrogen-bond donors (Lipinski definition) is 2. The summed E-state index contributed by atoms with van der Waals surface area (Å²) in [7, 11) is 0. The van der Waals surface area contributed by atoms with Crippen molar-refractivity contribution in [3.05, 3.63) is 0 Å². The molecule has 3 N–H and O–H groups in total. The van der Waals surface area contributed by atoms with E-state index in [1.807, 2.05) is 13.2 Å². The van der Waals surface area contributed by atoms with Crippen molar-refractivity contribution in [2.24, 2.45) is 5.73 Å². The van der Waals surface area contributed by atoms with Crippen molar-refractivity contribution in [3.63, 3.8) is 0 Å². The fourth-order valence-electron chi connectivity index (χ4n) is 0.932. The van der Waals surface area contributed by atoms with Crippen molar-refractivity contribution in [3.8, 4) is 0 Å². The van der Waals surface area contributed by atoms with Crippen LogP contribution in [0, 0.1) is 0 Å². The zero-order valence-corrected chi connectivity index (χ0v) is 10.9. The van der Waals surface area contributed by atoms with Crippen molar-refractivity contribution in [2.75, 3.05) is 6.26 Å². The summed E-state index contributed by atoms with van der Waals surface area (Å²) >= 11 is 4.41. The van der Waals surface area contributed by atoms with Gasteiger partial charge in [-0.2, -0.15) is 0 Å². The van der Waals surface area contributed by atoms with Crippen LogP contribution in [0.5, 0.6) is 0 Å². The summed E-state index contributed by atoms with van der Waals surface area (Å²) in [6.45, 7) is 1.91. The molecule has 0 saturated carbocycles. The van der Waals surface area contributed by atoms with Crippen LogP contribution in [0.3, 0.4) is 0 Å². The maximum atomic E-state index is 10.8. The molecule has 0 bridgehead atoms. The Balaban J connectivity index is 2.83. The van der Waals surface area contributed by atoms with Crippen LogP contribution in [-0.2, 0) is 4.79 Å². The van der Waals surface area contributed by atoms with Crippen LogP contribution in [0.4, 0.5) is 0 Å². The van der Waals surface area contributed by atoms with E-state index in [-0.39, 0.29) is 19.3 Å². The van der Waals surface area contributed by atoms with E-state index in [0.29, 0.717) is 0 Å². The molecule has 68 valence electrons. The van der Waals surface area contributed by atoms with E-state index in [4.69, 9.17) is 10.8 Å². The van der Waals surface area contributed by atoms with Crippen LogP contribution < -0.4 is 5.73 Å². The molecule has 1 aliphatic heterocycles. The molecule has 6 heteroatoms. The zero-order valence-electron chi connectivity index (χ0n) is 6.66. The summed E-state index contributed by atoms with van der Waals surface area (Å²) in [5.74, 6) is -0.883. The topological polar surface area (TPSA) is 63.3 Å². The van der Waals surface area contributed by atoms with Gasteiger partial charge in [0, 0.05) is 0 Å². The van der Waals surface area contributed by atoms with Gasteiger partial charge in [-0.25, -0.2) is 0 Å². The predicted octanol–water partition coefficient (Wildman–Crippen LogP) is -0.716. The van der Waals surface area contributed by atoms with Crippen LogP contribution in [0.1, 0.15) is 6.92 Å². The Morgan fingerprint density at radius 3 is 2.50 bits per heavy atom. The van der Waals surface area contributed by atoms with Gasteiger partial charge in [0.2, 0.25) is 0 Å². The minimum atomic E-state index is -0.983. The Labute approximate surface area is 89.4 Å². The van der Waals surface area contributed by atoms with E-state index in [1.54, 1.807) is 11.8 Å². The summed E-state index contributed by atoms with van der Waals surface area (Å²) in [4.78, 5) is 10.8. The number of nitrogens with two attached hydrogens (primary N) is 1. The number of thioether (sulfide) groups is 1. The summed E-state index contributed by atoms with van der Waals surface area (Å²) in [5, 5.41) is 8.85. The van der Waals surface area contributed by atoms with Crippen LogP contribution in [-0.4, -0.2) is 56.1 Å². The number of carboxylic acid groups (broad SMARTS) is 1. The molecule has 2 atom stereocenters. The van der Waals surface area contributed by atoms with E-state index in [0.717, 1.165) is 3.75 Å². The molecule has 12 heavy (non-hydrogen) atoms.